The molecule has 6 nitrogen and oxygen atoms in total. The van der Waals surface area contributed by atoms with E-state index in [-0.39, 0.29) is 24.3 Å². The Bertz CT molecular complexity index is 1110. The van der Waals surface area contributed by atoms with E-state index in [2.05, 4.69) is 28.1 Å². The van der Waals surface area contributed by atoms with E-state index in [4.69, 9.17) is 4.74 Å². The molecule has 1 aliphatic carbocycles. The molecule has 33 heavy (non-hydrogen) atoms. The Hall–Kier alpha value is -3.80. The van der Waals surface area contributed by atoms with Crippen LogP contribution >= 0.6 is 0 Å². The van der Waals surface area contributed by atoms with Crippen molar-refractivity contribution in [1.29, 1.82) is 0 Å². The molecule has 3 N–H and O–H groups in total. The summed E-state index contributed by atoms with van der Waals surface area (Å²) in [5, 5.41) is 9.02. The Labute approximate surface area is 194 Å². The van der Waals surface area contributed by atoms with Gasteiger partial charge in [-0.3, -0.25) is 9.59 Å². The third-order valence-electron chi connectivity index (χ3n) is 5.60. The molecule has 3 aromatic rings. The molecule has 6 heteroatoms. The van der Waals surface area contributed by atoms with E-state index in [1.165, 1.54) is 5.56 Å². The predicted molar refractivity (Wildman–Crippen MR) is 132 cm³/mol. The molecule has 0 bridgehead atoms. The minimum absolute atomic E-state index is 0.0501. The summed E-state index contributed by atoms with van der Waals surface area (Å²) in [6, 6.07) is 23.3. The molecule has 1 aliphatic rings. The highest BCUT2D eigenvalue weighted by Gasteiger charge is 2.29. The lowest BCUT2D eigenvalue weighted by molar-refractivity contribution is -0.117. The zero-order chi connectivity index (χ0) is 23.0. The van der Waals surface area contributed by atoms with Gasteiger partial charge in [-0.2, -0.15) is 0 Å². The molecule has 0 aliphatic heterocycles. The van der Waals surface area contributed by atoms with Crippen LogP contribution in [0.3, 0.4) is 0 Å². The van der Waals surface area contributed by atoms with Crippen LogP contribution in [0, 0.1) is 12.8 Å². The summed E-state index contributed by atoms with van der Waals surface area (Å²) in [6.45, 7) is 2.59. The molecule has 2 amide bonds. The lowest BCUT2D eigenvalue weighted by Gasteiger charge is -2.14. The Morgan fingerprint density at radius 2 is 1.64 bits per heavy atom. The number of carbonyl (C=O) groups excluding carboxylic acids is 2. The number of nitrogens with one attached hydrogen (secondary N) is 3. The Morgan fingerprint density at radius 1 is 0.909 bits per heavy atom. The molecule has 0 saturated heterocycles. The summed E-state index contributed by atoms with van der Waals surface area (Å²) in [6.07, 6.45) is 2.74. The molecule has 0 radical (unpaired) electrons. The lowest BCUT2D eigenvalue weighted by Crippen LogP contribution is -2.22. The molecule has 0 spiro atoms. The quantitative estimate of drug-likeness (QED) is 0.411. The molecule has 0 aromatic heterocycles. The van der Waals surface area contributed by atoms with Gasteiger partial charge < -0.3 is 20.7 Å². The first-order chi connectivity index (χ1) is 16.1. The van der Waals surface area contributed by atoms with Crippen LogP contribution in [0.2, 0.25) is 0 Å². The fourth-order valence-electron chi connectivity index (χ4n) is 3.49. The summed E-state index contributed by atoms with van der Waals surface area (Å²) >= 11 is 0. The highest BCUT2D eigenvalue weighted by Crippen LogP contribution is 2.31. The summed E-state index contributed by atoms with van der Waals surface area (Å²) < 4.78 is 5.86. The highest BCUT2D eigenvalue weighted by molar-refractivity contribution is 5.98. The minimum atomic E-state index is -0.167. The first kappa shape index (κ1) is 22.4. The van der Waals surface area contributed by atoms with Crippen molar-refractivity contribution in [3.05, 3.63) is 83.9 Å². The zero-order valence-corrected chi connectivity index (χ0v) is 18.8. The number of benzene rings is 3. The zero-order valence-electron chi connectivity index (χ0n) is 18.8. The second-order valence-corrected chi connectivity index (χ2v) is 8.26. The van der Waals surface area contributed by atoms with E-state index < -0.39 is 0 Å². The number of carbonyl (C=O) groups is 2. The van der Waals surface area contributed by atoms with Crippen LogP contribution in [0.1, 0.15) is 24.0 Å². The predicted octanol–water partition coefficient (Wildman–Crippen LogP) is 5.02. The third kappa shape index (κ3) is 6.59. The van der Waals surface area contributed by atoms with Gasteiger partial charge in [0.15, 0.2) is 0 Å². The van der Waals surface area contributed by atoms with E-state index in [1.807, 2.05) is 67.6 Å². The molecule has 4 rings (SSSR count). The van der Waals surface area contributed by atoms with Crippen LogP contribution in [0.25, 0.3) is 0 Å². The van der Waals surface area contributed by atoms with Gasteiger partial charge in [0.1, 0.15) is 5.75 Å². The van der Waals surface area contributed by atoms with Gasteiger partial charge in [0.25, 0.3) is 0 Å². The van der Waals surface area contributed by atoms with Gasteiger partial charge >= 0.3 is 0 Å². The van der Waals surface area contributed by atoms with Crippen molar-refractivity contribution in [3.8, 4) is 5.75 Å². The van der Waals surface area contributed by atoms with Gasteiger partial charge in [-0.25, -0.2) is 0 Å². The van der Waals surface area contributed by atoms with Crippen molar-refractivity contribution in [2.45, 2.75) is 26.2 Å². The first-order valence-corrected chi connectivity index (χ1v) is 11.3. The maximum Gasteiger partial charge on any atom is 0.243 e. The molecule has 3 aromatic carbocycles. The normalized spacial score (nSPS) is 12.6. The van der Waals surface area contributed by atoms with Crippen LogP contribution in [-0.4, -0.2) is 25.0 Å². The van der Waals surface area contributed by atoms with Crippen LogP contribution in [0.5, 0.6) is 5.75 Å². The van der Waals surface area contributed by atoms with Crippen molar-refractivity contribution in [3.63, 3.8) is 0 Å². The number of amides is 2. The Balaban J connectivity index is 1.26. The number of hydrogen-bond acceptors (Lipinski definition) is 4. The van der Waals surface area contributed by atoms with Crippen molar-refractivity contribution >= 4 is 28.9 Å². The van der Waals surface area contributed by atoms with E-state index in [0.717, 1.165) is 42.0 Å². The lowest BCUT2D eigenvalue weighted by atomic mass is 10.1. The van der Waals surface area contributed by atoms with Crippen molar-refractivity contribution in [2.75, 3.05) is 29.1 Å². The minimum Gasteiger partial charge on any atom is -0.493 e. The van der Waals surface area contributed by atoms with E-state index in [1.54, 1.807) is 0 Å². The largest absolute Gasteiger partial charge is 0.493 e. The topological polar surface area (TPSA) is 79.5 Å². The SMILES string of the molecule is Cc1c(NC(=O)CNc2cccc(OCCc3ccccc3)c2)cccc1NC(=O)C1CC1. The van der Waals surface area contributed by atoms with Gasteiger partial charge in [0.05, 0.1) is 13.2 Å². The maximum absolute atomic E-state index is 12.5. The van der Waals surface area contributed by atoms with E-state index in [0.29, 0.717) is 12.3 Å². The number of anilines is 3. The number of rotatable bonds is 10. The van der Waals surface area contributed by atoms with Gasteiger partial charge in [0.2, 0.25) is 11.8 Å². The Morgan fingerprint density at radius 3 is 2.39 bits per heavy atom. The summed E-state index contributed by atoms with van der Waals surface area (Å²) in [5.74, 6) is 0.768. The van der Waals surface area contributed by atoms with Gasteiger partial charge in [0, 0.05) is 35.5 Å². The average molecular weight is 444 g/mol. The maximum atomic E-state index is 12.5. The van der Waals surface area contributed by atoms with Crippen LogP contribution in [-0.2, 0) is 16.0 Å². The van der Waals surface area contributed by atoms with Crippen molar-refractivity contribution in [2.24, 2.45) is 5.92 Å². The highest BCUT2D eigenvalue weighted by atomic mass is 16.5. The van der Waals surface area contributed by atoms with Crippen molar-refractivity contribution < 1.29 is 14.3 Å². The summed E-state index contributed by atoms with van der Waals surface area (Å²) in [4.78, 5) is 24.6. The fourth-order valence-corrected chi connectivity index (χ4v) is 3.49. The van der Waals surface area contributed by atoms with E-state index >= 15 is 0 Å². The second-order valence-electron chi connectivity index (χ2n) is 8.26. The van der Waals surface area contributed by atoms with Crippen molar-refractivity contribution in [1.82, 2.24) is 0 Å². The van der Waals surface area contributed by atoms with Crippen LogP contribution in [0.15, 0.2) is 72.8 Å². The molecule has 1 saturated carbocycles. The van der Waals surface area contributed by atoms with Crippen LogP contribution < -0.4 is 20.7 Å². The van der Waals surface area contributed by atoms with Crippen LogP contribution in [0.4, 0.5) is 17.1 Å². The molecule has 1 fully saturated rings. The second kappa shape index (κ2) is 10.7. The van der Waals surface area contributed by atoms with E-state index in [9.17, 15) is 9.59 Å². The Kier molecular flexibility index (Phi) is 7.25. The molecule has 0 atom stereocenters. The fraction of sp³-hybridized carbons (Fsp3) is 0.259. The standard InChI is InChI=1S/C27H29N3O3/c1-19-24(11-6-12-25(19)30-27(32)21-13-14-21)29-26(31)18-28-22-9-5-10-23(17-22)33-16-15-20-7-3-2-4-8-20/h2-12,17,21,28H,13-16,18H2,1H3,(H,29,31)(H,30,32). The summed E-state index contributed by atoms with van der Waals surface area (Å²) in [7, 11) is 0. The summed E-state index contributed by atoms with van der Waals surface area (Å²) in [5.41, 5.74) is 4.31. The van der Waals surface area contributed by atoms with Gasteiger partial charge in [-0.1, -0.05) is 42.5 Å². The molecular weight excluding hydrogens is 414 g/mol. The van der Waals surface area contributed by atoms with Gasteiger partial charge in [-0.05, 0) is 55.2 Å². The van der Waals surface area contributed by atoms with Gasteiger partial charge in [-0.15, -0.1) is 0 Å². The number of ether oxygens (including phenoxy) is 1. The number of hydrogen-bond donors (Lipinski definition) is 3. The average Bonchev–Trinajstić information content (AvgIpc) is 3.67. The monoisotopic (exact) mass is 443 g/mol. The molecular formula is C27H29N3O3. The third-order valence-corrected chi connectivity index (χ3v) is 5.60. The molecule has 0 heterocycles. The smallest absolute Gasteiger partial charge is 0.243 e. The first-order valence-electron chi connectivity index (χ1n) is 11.3. The molecule has 0 unspecified atom stereocenters. The molecule has 170 valence electrons.